The lowest BCUT2D eigenvalue weighted by atomic mass is 9.95. The first-order valence-electron chi connectivity index (χ1n) is 6.53. The van der Waals surface area contributed by atoms with Crippen molar-refractivity contribution < 1.29 is 8.81 Å². The fourth-order valence-electron chi connectivity index (χ4n) is 2.33. The topological polar surface area (TPSA) is 51.0 Å². The van der Waals surface area contributed by atoms with E-state index in [4.69, 9.17) is 4.42 Å². The van der Waals surface area contributed by atoms with Crippen molar-refractivity contribution in [2.45, 2.75) is 31.7 Å². The highest BCUT2D eigenvalue weighted by atomic mass is 19.1. The second kappa shape index (κ2) is 5.09. The zero-order valence-corrected chi connectivity index (χ0v) is 10.8. The summed E-state index contributed by atoms with van der Waals surface area (Å²) in [5, 5.41) is 3.42. The summed E-state index contributed by atoms with van der Waals surface area (Å²) in [6.45, 7) is 3.07. The third-order valence-corrected chi connectivity index (χ3v) is 3.52. The van der Waals surface area contributed by atoms with Crippen molar-refractivity contribution >= 4 is 0 Å². The van der Waals surface area contributed by atoms with Gasteiger partial charge < -0.3 is 9.73 Å². The summed E-state index contributed by atoms with van der Waals surface area (Å²) in [6, 6.07) is 3.54. The van der Waals surface area contributed by atoms with Gasteiger partial charge in [-0.15, -0.1) is 0 Å². The van der Waals surface area contributed by atoms with Crippen molar-refractivity contribution in [1.29, 1.82) is 0 Å². The smallest absolute Gasteiger partial charge is 0.199 e. The molecule has 3 heterocycles. The van der Waals surface area contributed by atoms with Gasteiger partial charge in [0.05, 0.1) is 11.9 Å². The van der Waals surface area contributed by atoms with Crippen molar-refractivity contribution in [3.8, 4) is 11.4 Å². The number of nitrogens with one attached hydrogen (secondary N) is 1. The van der Waals surface area contributed by atoms with Crippen LogP contribution in [0.1, 0.15) is 31.6 Å². The first-order valence-corrected chi connectivity index (χ1v) is 6.53. The van der Waals surface area contributed by atoms with Crippen LogP contribution < -0.4 is 5.32 Å². The maximum absolute atomic E-state index is 12.8. The fraction of sp³-hybridized carbons (Fsp3) is 0.429. The van der Waals surface area contributed by atoms with Gasteiger partial charge in [-0.3, -0.25) is 4.98 Å². The zero-order chi connectivity index (χ0) is 13.2. The minimum atomic E-state index is -0.349. The van der Waals surface area contributed by atoms with Crippen LogP contribution in [-0.4, -0.2) is 22.6 Å². The molecule has 0 radical (unpaired) electrons. The Hall–Kier alpha value is -1.75. The molecule has 1 aliphatic heterocycles. The van der Waals surface area contributed by atoms with Gasteiger partial charge >= 0.3 is 0 Å². The summed E-state index contributed by atoms with van der Waals surface area (Å²) in [4.78, 5) is 8.47. The molecule has 0 aliphatic carbocycles. The Kier molecular flexibility index (Phi) is 3.29. The Bertz CT molecular complexity index is 544. The molecule has 100 valence electrons. The Morgan fingerprint density at radius 3 is 2.89 bits per heavy atom. The first kappa shape index (κ1) is 12.3. The number of aromatic nitrogens is 2. The predicted octanol–water partition coefficient (Wildman–Crippen LogP) is 2.73. The molecule has 2 unspecified atom stereocenters. The van der Waals surface area contributed by atoms with Gasteiger partial charge in [-0.2, -0.15) is 0 Å². The third-order valence-electron chi connectivity index (χ3n) is 3.52. The largest absolute Gasteiger partial charge is 0.448 e. The number of hydrogen-bond donors (Lipinski definition) is 1. The van der Waals surface area contributed by atoms with Crippen molar-refractivity contribution in [3.63, 3.8) is 0 Å². The van der Waals surface area contributed by atoms with Gasteiger partial charge in [-0.05, 0) is 31.9 Å². The molecule has 5 heteroatoms. The normalized spacial score (nSPS) is 23.5. The average molecular weight is 261 g/mol. The summed E-state index contributed by atoms with van der Waals surface area (Å²) < 4.78 is 18.4. The van der Waals surface area contributed by atoms with E-state index in [2.05, 4.69) is 22.2 Å². The zero-order valence-electron chi connectivity index (χ0n) is 10.8. The van der Waals surface area contributed by atoms with Crippen LogP contribution in [0.4, 0.5) is 4.39 Å². The van der Waals surface area contributed by atoms with Gasteiger partial charge in [0.1, 0.15) is 17.8 Å². The van der Waals surface area contributed by atoms with E-state index in [1.165, 1.54) is 12.3 Å². The van der Waals surface area contributed by atoms with Crippen LogP contribution in [-0.2, 0) is 0 Å². The minimum absolute atomic E-state index is 0.311. The second-order valence-corrected chi connectivity index (χ2v) is 5.02. The quantitative estimate of drug-likeness (QED) is 0.903. The molecular formula is C14H16FN3O. The van der Waals surface area contributed by atoms with E-state index in [1.54, 1.807) is 12.3 Å². The van der Waals surface area contributed by atoms with Crippen LogP contribution in [0, 0.1) is 5.82 Å². The summed E-state index contributed by atoms with van der Waals surface area (Å²) >= 11 is 0. The van der Waals surface area contributed by atoms with Crippen LogP contribution in [0.2, 0.25) is 0 Å². The summed E-state index contributed by atoms with van der Waals surface area (Å²) in [7, 11) is 0. The number of pyridine rings is 1. The standard InChI is InChI=1S/C14H16FN3O/c1-9-2-3-10(6-16-9)14-18-13(8-19-14)12-5-4-11(15)7-17-12/h4-5,7-10,16H,2-3,6H2,1H3. The van der Waals surface area contributed by atoms with Crippen molar-refractivity contribution in [3.05, 3.63) is 36.3 Å². The molecule has 4 nitrogen and oxygen atoms in total. The molecule has 1 aliphatic rings. The van der Waals surface area contributed by atoms with Crippen LogP contribution in [0.25, 0.3) is 11.4 Å². The van der Waals surface area contributed by atoms with Gasteiger partial charge in [-0.1, -0.05) is 0 Å². The monoisotopic (exact) mass is 261 g/mol. The van der Waals surface area contributed by atoms with Gasteiger partial charge in [-0.25, -0.2) is 9.37 Å². The number of halogens is 1. The Balaban J connectivity index is 1.77. The van der Waals surface area contributed by atoms with E-state index < -0.39 is 0 Å². The van der Waals surface area contributed by atoms with Crippen LogP contribution >= 0.6 is 0 Å². The summed E-state index contributed by atoms with van der Waals surface area (Å²) in [5.74, 6) is 0.698. The van der Waals surface area contributed by atoms with Gasteiger partial charge in [0.2, 0.25) is 0 Å². The van der Waals surface area contributed by atoms with Crippen LogP contribution in [0.15, 0.2) is 29.0 Å². The minimum Gasteiger partial charge on any atom is -0.448 e. The Labute approximate surface area is 111 Å². The number of hydrogen-bond acceptors (Lipinski definition) is 4. The van der Waals surface area contributed by atoms with Gasteiger partial charge in [0.25, 0.3) is 0 Å². The van der Waals surface area contributed by atoms with Gasteiger partial charge in [0, 0.05) is 18.5 Å². The molecule has 19 heavy (non-hydrogen) atoms. The van der Waals surface area contributed by atoms with Crippen molar-refractivity contribution in [2.75, 3.05) is 6.54 Å². The van der Waals surface area contributed by atoms with Crippen molar-refractivity contribution in [1.82, 2.24) is 15.3 Å². The van der Waals surface area contributed by atoms with Crippen molar-refractivity contribution in [2.24, 2.45) is 0 Å². The molecule has 2 aromatic rings. The molecule has 0 aromatic carbocycles. The predicted molar refractivity (Wildman–Crippen MR) is 69.1 cm³/mol. The maximum Gasteiger partial charge on any atom is 0.199 e. The lowest BCUT2D eigenvalue weighted by Gasteiger charge is -2.25. The lowest BCUT2D eigenvalue weighted by Crippen LogP contribution is -2.35. The molecular weight excluding hydrogens is 245 g/mol. The number of piperidine rings is 1. The molecule has 1 N–H and O–H groups in total. The molecule has 1 fully saturated rings. The molecule has 2 atom stereocenters. The molecule has 0 saturated carbocycles. The fourth-order valence-corrected chi connectivity index (χ4v) is 2.33. The van der Waals surface area contributed by atoms with E-state index in [0.717, 1.165) is 25.3 Å². The maximum atomic E-state index is 12.8. The average Bonchev–Trinajstić information content (AvgIpc) is 2.90. The Morgan fingerprint density at radius 2 is 2.21 bits per heavy atom. The summed E-state index contributed by atoms with van der Waals surface area (Å²) in [6.07, 6.45) is 4.98. The van der Waals surface area contributed by atoms with E-state index in [9.17, 15) is 4.39 Å². The van der Waals surface area contributed by atoms with Gasteiger partial charge in [0.15, 0.2) is 5.89 Å². The number of rotatable bonds is 2. The SMILES string of the molecule is CC1CCC(c2nc(-c3ccc(F)cn3)co2)CN1. The van der Waals surface area contributed by atoms with E-state index in [-0.39, 0.29) is 5.82 Å². The summed E-state index contributed by atoms with van der Waals surface area (Å²) in [5.41, 5.74) is 1.29. The molecule has 1 saturated heterocycles. The van der Waals surface area contributed by atoms with Crippen LogP contribution in [0.5, 0.6) is 0 Å². The van der Waals surface area contributed by atoms with E-state index in [0.29, 0.717) is 23.3 Å². The molecule has 0 bridgehead atoms. The molecule has 0 amide bonds. The van der Waals surface area contributed by atoms with E-state index in [1.807, 2.05) is 0 Å². The lowest BCUT2D eigenvalue weighted by molar-refractivity contribution is 0.335. The molecule has 3 rings (SSSR count). The molecule has 0 spiro atoms. The second-order valence-electron chi connectivity index (χ2n) is 5.02. The first-order chi connectivity index (χ1) is 9.22. The number of oxazole rings is 1. The number of nitrogens with zero attached hydrogens (tertiary/aromatic N) is 2. The Morgan fingerprint density at radius 1 is 1.32 bits per heavy atom. The highest BCUT2D eigenvalue weighted by molar-refractivity contribution is 5.51. The van der Waals surface area contributed by atoms with Crippen LogP contribution in [0.3, 0.4) is 0 Å². The third kappa shape index (κ3) is 2.66. The molecule has 2 aromatic heterocycles. The van der Waals surface area contributed by atoms with E-state index >= 15 is 0 Å². The highest BCUT2D eigenvalue weighted by Crippen LogP contribution is 2.26. The highest BCUT2D eigenvalue weighted by Gasteiger charge is 2.23.